The maximum atomic E-state index is 5.89. The topological polar surface area (TPSA) is 35.0 Å². The number of pyridine rings is 1. The van der Waals surface area contributed by atoms with Gasteiger partial charge >= 0.3 is 0 Å². The molecular weight excluding hydrogens is 292 g/mol. The summed E-state index contributed by atoms with van der Waals surface area (Å²) in [6.07, 6.45) is 7.10. The van der Waals surface area contributed by atoms with Gasteiger partial charge in [-0.2, -0.15) is 0 Å². The van der Waals surface area contributed by atoms with Crippen molar-refractivity contribution >= 4 is 22.2 Å². The fraction of sp³-hybridized carbons (Fsp3) is 0.333. The molecule has 112 valence electrons. The molecule has 0 radical (unpaired) electrons. The summed E-state index contributed by atoms with van der Waals surface area (Å²) in [6.45, 7) is 0.537. The van der Waals surface area contributed by atoms with Crippen molar-refractivity contribution in [2.75, 3.05) is 0 Å². The van der Waals surface area contributed by atoms with Gasteiger partial charge in [0.25, 0.3) is 0 Å². The van der Waals surface area contributed by atoms with Crippen molar-refractivity contribution < 1.29 is 4.74 Å². The summed E-state index contributed by atoms with van der Waals surface area (Å²) >= 11 is 1.78. The lowest BCUT2D eigenvalue weighted by molar-refractivity contribution is 0.302. The second-order valence-corrected chi connectivity index (χ2v) is 6.69. The maximum absolute atomic E-state index is 5.89. The second-order valence-electron chi connectivity index (χ2n) is 5.81. The Bertz CT molecular complexity index is 777. The average Bonchev–Trinajstić information content (AvgIpc) is 3.24. The van der Waals surface area contributed by atoms with E-state index in [2.05, 4.69) is 16.4 Å². The van der Waals surface area contributed by atoms with E-state index in [0.717, 1.165) is 22.3 Å². The predicted octanol–water partition coefficient (Wildman–Crippen LogP) is 4.93. The quantitative estimate of drug-likeness (QED) is 0.685. The van der Waals surface area contributed by atoms with E-state index in [0.29, 0.717) is 12.5 Å². The lowest BCUT2D eigenvalue weighted by Crippen LogP contribution is -1.97. The molecule has 2 heterocycles. The minimum atomic E-state index is 0.537. The molecule has 1 saturated carbocycles. The summed E-state index contributed by atoms with van der Waals surface area (Å²) < 4.78 is 5.89. The molecule has 22 heavy (non-hydrogen) atoms. The molecule has 0 unspecified atom stereocenters. The molecule has 0 N–H and O–H groups in total. The number of aromatic nitrogens is 2. The van der Waals surface area contributed by atoms with Crippen LogP contribution in [-0.2, 0) is 6.61 Å². The first kappa shape index (κ1) is 13.7. The van der Waals surface area contributed by atoms with E-state index in [1.165, 1.54) is 30.7 Å². The summed E-state index contributed by atoms with van der Waals surface area (Å²) in [4.78, 5) is 9.07. The largest absolute Gasteiger partial charge is 0.487 e. The van der Waals surface area contributed by atoms with Crippen LogP contribution in [0.25, 0.3) is 10.9 Å². The molecule has 0 aliphatic heterocycles. The summed E-state index contributed by atoms with van der Waals surface area (Å²) in [5.74, 6) is 1.56. The Labute approximate surface area is 134 Å². The van der Waals surface area contributed by atoms with Crippen LogP contribution >= 0.6 is 11.3 Å². The molecule has 2 aromatic heterocycles. The Morgan fingerprint density at radius 3 is 3.00 bits per heavy atom. The maximum Gasteiger partial charge on any atom is 0.131 e. The molecule has 4 heteroatoms. The molecule has 0 saturated heterocycles. The van der Waals surface area contributed by atoms with Gasteiger partial charge in [-0.15, -0.1) is 11.3 Å². The third-order valence-corrected chi connectivity index (χ3v) is 5.29. The number of thiazole rings is 1. The van der Waals surface area contributed by atoms with Gasteiger partial charge in [0.2, 0.25) is 0 Å². The number of ether oxygens (including phenoxy) is 1. The zero-order valence-corrected chi connectivity index (χ0v) is 13.2. The molecule has 1 fully saturated rings. The molecule has 0 amide bonds. The van der Waals surface area contributed by atoms with Crippen molar-refractivity contribution in [3.63, 3.8) is 0 Å². The standard InChI is InChI=1S/C18H18N2OS/c1-2-5-13(4-1)18-20-15(12-22-18)11-21-16-7-8-17-14(10-16)6-3-9-19-17/h3,6-10,12-13H,1-2,4-5,11H2. The van der Waals surface area contributed by atoms with E-state index < -0.39 is 0 Å². The number of hydrogen-bond donors (Lipinski definition) is 0. The van der Waals surface area contributed by atoms with E-state index in [4.69, 9.17) is 9.72 Å². The molecule has 1 aliphatic rings. The van der Waals surface area contributed by atoms with Gasteiger partial charge < -0.3 is 4.74 Å². The van der Waals surface area contributed by atoms with Crippen molar-refractivity contribution in [3.05, 3.63) is 52.6 Å². The van der Waals surface area contributed by atoms with Crippen molar-refractivity contribution in [1.29, 1.82) is 0 Å². The Balaban J connectivity index is 1.44. The van der Waals surface area contributed by atoms with E-state index >= 15 is 0 Å². The highest BCUT2D eigenvalue weighted by atomic mass is 32.1. The van der Waals surface area contributed by atoms with Crippen LogP contribution in [0.2, 0.25) is 0 Å². The van der Waals surface area contributed by atoms with Crippen LogP contribution in [0.4, 0.5) is 0 Å². The van der Waals surface area contributed by atoms with Gasteiger partial charge in [-0.3, -0.25) is 4.98 Å². The normalized spacial score (nSPS) is 15.5. The first-order valence-corrected chi connectivity index (χ1v) is 8.68. The number of fused-ring (bicyclic) bond motifs is 1. The Morgan fingerprint density at radius 2 is 2.09 bits per heavy atom. The fourth-order valence-electron chi connectivity index (χ4n) is 3.05. The molecule has 3 nitrogen and oxygen atoms in total. The third-order valence-electron chi connectivity index (χ3n) is 4.24. The molecule has 4 rings (SSSR count). The van der Waals surface area contributed by atoms with Crippen molar-refractivity contribution in [2.24, 2.45) is 0 Å². The average molecular weight is 310 g/mol. The minimum Gasteiger partial charge on any atom is -0.487 e. The van der Waals surface area contributed by atoms with Crippen LogP contribution in [0, 0.1) is 0 Å². The highest BCUT2D eigenvalue weighted by Gasteiger charge is 2.20. The number of hydrogen-bond acceptors (Lipinski definition) is 4. The Kier molecular flexibility index (Phi) is 3.77. The molecule has 1 aromatic carbocycles. The number of benzene rings is 1. The molecule has 3 aromatic rings. The Hall–Kier alpha value is -1.94. The number of rotatable bonds is 4. The van der Waals surface area contributed by atoms with Crippen LogP contribution in [-0.4, -0.2) is 9.97 Å². The minimum absolute atomic E-state index is 0.537. The summed E-state index contributed by atoms with van der Waals surface area (Å²) in [5.41, 5.74) is 2.03. The SMILES string of the molecule is c1cnc2ccc(OCc3csc(C4CCCC4)n3)cc2c1. The lowest BCUT2D eigenvalue weighted by atomic mass is 10.1. The first-order chi connectivity index (χ1) is 10.9. The van der Waals surface area contributed by atoms with Gasteiger partial charge in [0.15, 0.2) is 0 Å². The van der Waals surface area contributed by atoms with Gasteiger partial charge in [0.05, 0.1) is 16.2 Å². The predicted molar refractivity (Wildman–Crippen MR) is 89.4 cm³/mol. The first-order valence-electron chi connectivity index (χ1n) is 7.80. The van der Waals surface area contributed by atoms with Gasteiger partial charge in [-0.1, -0.05) is 18.9 Å². The van der Waals surface area contributed by atoms with E-state index in [-0.39, 0.29) is 0 Å². The molecule has 0 atom stereocenters. The summed E-state index contributed by atoms with van der Waals surface area (Å²) in [6, 6.07) is 10.00. The van der Waals surface area contributed by atoms with E-state index in [9.17, 15) is 0 Å². The highest BCUT2D eigenvalue weighted by molar-refractivity contribution is 7.09. The van der Waals surface area contributed by atoms with Crippen molar-refractivity contribution in [3.8, 4) is 5.75 Å². The smallest absolute Gasteiger partial charge is 0.131 e. The van der Waals surface area contributed by atoms with Crippen LogP contribution in [0.15, 0.2) is 41.9 Å². The molecular formula is C18H18N2OS. The van der Waals surface area contributed by atoms with Gasteiger partial charge in [0, 0.05) is 22.9 Å². The zero-order chi connectivity index (χ0) is 14.8. The molecule has 1 aliphatic carbocycles. The monoisotopic (exact) mass is 310 g/mol. The Morgan fingerprint density at radius 1 is 1.18 bits per heavy atom. The fourth-order valence-corrected chi connectivity index (χ4v) is 4.03. The van der Waals surface area contributed by atoms with Crippen LogP contribution in [0.5, 0.6) is 5.75 Å². The number of nitrogens with zero attached hydrogens (tertiary/aromatic N) is 2. The third kappa shape index (κ3) is 2.83. The van der Waals surface area contributed by atoms with Crippen LogP contribution in [0.3, 0.4) is 0 Å². The van der Waals surface area contributed by atoms with Crippen LogP contribution in [0.1, 0.15) is 42.3 Å². The van der Waals surface area contributed by atoms with Gasteiger partial charge in [-0.05, 0) is 37.1 Å². The summed E-state index contributed by atoms with van der Waals surface area (Å²) in [7, 11) is 0. The molecule has 0 bridgehead atoms. The van der Waals surface area contributed by atoms with Crippen molar-refractivity contribution in [1.82, 2.24) is 9.97 Å². The van der Waals surface area contributed by atoms with E-state index in [1.54, 1.807) is 11.3 Å². The van der Waals surface area contributed by atoms with Gasteiger partial charge in [0.1, 0.15) is 12.4 Å². The van der Waals surface area contributed by atoms with Crippen molar-refractivity contribution in [2.45, 2.75) is 38.2 Å². The highest BCUT2D eigenvalue weighted by Crippen LogP contribution is 2.35. The summed E-state index contributed by atoms with van der Waals surface area (Å²) in [5, 5.41) is 4.53. The molecule has 0 spiro atoms. The second kappa shape index (κ2) is 6.05. The lowest BCUT2D eigenvalue weighted by Gasteiger charge is -2.06. The zero-order valence-electron chi connectivity index (χ0n) is 12.4. The van der Waals surface area contributed by atoms with Gasteiger partial charge in [-0.25, -0.2) is 4.98 Å². The van der Waals surface area contributed by atoms with Crippen LogP contribution < -0.4 is 4.74 Å². The van der Waals surface area contributed by atoms with E-state index in [1.807, 2.05) is 30.5 Å².